The number of fused-ring (bicyclic) bond motifs is 2. The smallest absolute Gasteiger partial charge is 0.163 e. The molecule has 0 aliphatic heterocycles. The van der Waals surface area contributed by atoms with Gasteiger partial charge in [0.1, 0.15) is 0 Å². The van der Waals surface area contributed by atoms with Crippen LogP contribution in [0.5, 0.6) is 0 Å². The Morgan fingerprint density at radius 1 is 1.20 bits per heavy atom. The number of carbonyl (C=O) groups is 1. The van der Waals surface area contributed by atoms with Gasteiger partial charge in [0.05, 0.1) is 0 Å². The Balaban J connectivity index is 1.62. The Kier molecular flexibility index (Phi) is 3.96. The second-order valence-corrected chi connectivity index (χ2v) is 6.99. The first-order valence-corrected chi connectivity index (χ1v) is 8.30. The van der Waals surface area contributed by atoms with Crippen LogP contribution in [-0.4, -0.2) is 5.78 Å². The minimum atomic E-state index is 0.359. The van der Waals surface area contributed by atoms with Gasteiger partial charge < -0.3 is 0 Å². The van der Waals surface area contributed by atoms with Gasteiger partial charge in [-0.05, 0) is 54.9 Å². The molecule has 1 aromatic carbocycles. The summed E-state index contributed by atoms with van der Waals surface area (Å²) in [7, 11) is 0. The van der Waals surface area contributed by atoms with Gasteiger partial charge in [0.2, 0.25) is 0 Å². The summed E-state index contributed by atoms with van der Waals surface area (Å²) in [4.78, 5) is 12.4. The van der Waals surface area contributed by atoms with Crippen LogP contribution in [0.2, 0.25) is 0 Å². The van der Waals surface area contributed by atoms with Crippen LogP contribution in [0.25, 0.3) is 0 Å². The first-order valence-electron chi connectivity index (χ1n) is 8.30. The maximum atomic E-state index is 12.4. The molecule has 0 spiro atoms. The maximum absolute atomic E-state index is 12.4. The molecule has 1 nitrogen and oxygen atoms in total. The topological polar surface area (TPSA) is 17.1 Å². The lowest BCUT2D eigenvalue weighted by molar-refractivity contribution is 0.0944. The van der Waals surface area contributed by atoms with Crippen molar-refractivity contribution in [2.45, 2.75) is 58.3 Å². The SMILES string of the molecule is CCC(C)c1ccc(C(=O)CC2CC3CCC2C3)cc1. The highest BCUT2D eigenvalue weighted by Crippen LogP contribution is 2.49. The first-order chi connectivity index (χ1) is 9.67. The summed E-state index contributed by atoms with van der Waals surface area (Å²) in [5.41, 5.74) is 2.27. The highest BCUT2D eigenvalue weighted by Gasteiger charge is 2.40. The van der Waals surface area contributed by atoms with Gasteiger partial charge in [-0.1, -0.05) is 44.5 Å². The van der Waals surface area contributed by atoms with Crippen molar-refractivity contribution >= 4 is 5.78 Å². The van der Waals surface area contributed by atoms with Crippen molar-refractivity contribution in [1.29, 1.82) is 0 Å². The standard InChI is InChI=1S/C19H26O/c1-3-13(2)15-6-8-16(9-7-15)19(20)12-18-11-14-4-5-17(18)10-14/h6-9,13-14,17-18H,3-5,10-12H2,1-2H3. The molecule has 1 heteroatoms. The van der Waals surface area contributed by atoms with Crippen LogP contribution in [0.15, 0.2) is 24.3 Å². The minimum absolute atomic E-state index is 0.359. The highest BCUT2D eigenvalue weighted by atomic mass is 16.1. The molecule has 4 atom stereocenters. The van der Waals surface area contributed by atoms with E-state index in [2.05, 4.69) is 26.0 Å². The van der Waals surface area contributed by atoms with E-state index in [1.807, 2.05) is 12.1 Å². The van der Waals surface area contributed by atoms with Crippen LogP contribution in [0.3, 0.4) is 0 Å². The summed E-state index contributed by atoms with van der Waals surface area (Å²) < 4.78 is 0. The van der Waals surface area contributed by atoms with Crippen LogP contribution in [0.4, 0.5) is 0 Å². The van der Waals surface area contributed by atoms with E-state index in [9.17, 15) is 4.79 Å². The van der Waals surface area contributed by atoms with Crippen LogP contribution in [0, 0.1) is 17.8 Å². The Bertz CT molecular complexity index is 473. The quantitative estimate of drug-likeness (QED) is 0.671. The third kappa shape index (κ3) is 2.68. The third-order valence-electron chi connectivity index (χ3n) is 5.75. The Hall–Kier alpha value is -1.11. The van der Waals surface area contributed by atoms with Crippen molar-refractivity contribution in [2.24, 2.45) is 17.8 Å². The number of Topliss-reactive ketones (excluding diaryl/α,β-unsaturated/α-hetero) is 1. The highest BCUT2D eigenvalue weighted by molar-refractivity contribution is 5.96. The van der Waals surface area contributed by atoms with Gasteiger partial charge in [-0.3, -0.25) is 4.79 Å². The molecular weight excluding hydrogens is 244 g/mol. The van der Waals surface area contributed by atoms with Crippen molar-refractivity contribution in [2.75, 3.05) is 0 Å². The van der Waals surface area contributed by atoms with Gasteiger partial charge in [-0.15, -0.1) is 0 Å². The second kappa shape index (κ2) is 5.71. The number of rotatable bonds is 5. The van der Waals surface area contributed by atoms with Crippen LogP contribution < -0.4 is 0 Å². The summed E-state index contributed by atoms with van der Waals surface area (Å²) in [6, 6.07) is 8.36. The molecule has 0 amide bonds. The number of carbonyl (C=O) groups excluding carboxylic acids is 1. The predicted molar refractivity (Wildman–Crippen MR) is 83.0 cm³/mol. The molecule has 2 fully saturated rings. The van der Waals surface area contributed by atoms with Crippen molar-refractivity contribution in [3.63, 3.8) is 0 Å². The zero-order chi connectivity index (χ0) is 14.1. The number of ketones is 1. The Morgan fingerprint density at radius 3 is 2.50 bits per heavy atom. The van der Waals surface area contributed by atoms with Gasteiger partial charge in [-0.2, -0.15) is 0 Å². The second-order valence-electron chi connectivity index (χ2n) is 6.99. The maximum Gasteiger partial charge on any atom is 0.163 e. The monoisotopic (exact) mass is 270 g/mol. The van der Waals surface area contributed by atoms with E-state index >= 15 is 0 Å². The lowest BCUT2D eigenvalue weighted by Gasteiger charge is -2.20. The molecule has 0 N–H and O–H groups in total. The molecular formula is C19H26O. The molecule has 3 rings (SSSR count). The van der Waals surface area contributed by atoms with Crippen molar-refractivity contribution < 1.29 is 4.79 Å². The summed E-state index contributed by atoms with van der Waals surface area (Å²) in [6.07, 6.45) is 7.42. The summed E-state index contributed by atoms with van der Waals surface area (Å²) in [6.45, 7) is 4.45. The molecule has 108 valence electrons. The summed E-state index contributed by atoms with van der Waals surface area (Å²) in [5.74, 6) is 3.41. The van der Waals surface area contributed by atoms with E-state index in [0.29, 0.717) is 17.6 Å². The van der Waals surface area contributed by atoms with Crippen molar-refractivity contribution in [1.82, 2.24) is 0 Å². The average Bonchev–Trinajstić information content (AvgIpc) is 3.09. The summed E-state index contributed by atoms with van der Waals surface area (Å²) in [5, 5.41) is 0. The lowest BCUT2D eigenvalue weighted by atomic mass is 9.84. The summed E-state index contributed by atoms with van der Waals surface area (Å²) >= 11 is 0. The molecule has 1 aromatic rings. The Morgan fingerprint density at radius 2 is 1.95 bits per heavy atom. The third-order valence-corrected chi connectivity index (χ3v) is 5.75. The van der Waals surface area contributed by atoms with Gasteiger partial charge in [-0.25, -0.2) is 0 Å². The van der Waals surface area contributed by atoms with E-state index in [0.717, 1.165) is 30.2 Å². The molecule has 20 heavy (non-hydrogen) atoms. The van der Waals surface area contributed by atoms with Gasteiger partial charge >= 0.3 is 0 Å². The fraction of sp³-hybridized carbons (Fsp3) is 0.632. The van der Waals surface area contributed by atoms with Crippen LogP contribution in [0.1, 0.15) is 74.2 Å². The molecule has 0 radical (unpaired) electrons. The van der Waals surface area contributed by atoms with E-state index in [4.69, 9.17) is 0 Å². The molecule has 4 unspecified atom stereocenters. The first kappa shape index (κ1) is 13.9. The molecule has 2 bridgehead atoms. The van der Waals surface area contributed by atoms with Crippen LogP contribution in [-0.2, 0) is 0 Å². The minimum Gasteiger partial charge on any atom is -0.294 e. The van der Waals surface area contributed by atoms with Gasteiger partial charge in [0.25, 0.3) is 0 Å². The molecule has 2 aliphatic carbocycles. The number of hydrogen-bond acceptors (Lipinski definition) is 1. The van der Waals surface area contributed by atoms with E-state index in [-0.39, 0.29) is 0 Å². The number of benzene rings is 1. The molecule has 0 heterocycles. The fourth-order valence-corrected chi connectivity index (χ4v) is 4.22. The van der Waals surface area contributed by atoms with Crippen LogP contribution >= 0.6 is 0 Å². The molecule has 0 aromatic heterocycles. The average molecular weight is 270 g/mol. The molecule has 2 saturated carbocycles. The fourth-order valence-electron chi connectivity index (χ4n) is 4.22. The molecule has 0 saturated heterocycles. The van der Waals surface area contributed by atoms with E-state index in [1.54, 1.807) is 0 Å². The lowest BCUT2D eigenvalue weighted by Crippen LogP contribution is -2.15. The predicted octanol–water partition coefficient (Wildman–Crippen LogP) is 5.21. The zero-order valence-corrected chi connectivity index (χ0v) is 12.8. The van der Waals surface area contributed by atoms with Crippen molar-refractivity contribution in [3.05, 3.63) is 35.4 Å². The van der Waals surface area contributed by atoms with Gasteiger partial charge in [0.15, 0.2) is 5.78 Å². The zero-order valence-electron chi connectivity index (χ0n) is 12.8. The number of hydrogen-bond donors (Lipinski definition) is 0. The van der Waals surface area contributed by atoms with E-state index in [1.165, 1.54) is 31.2 Å². The Labute approximate surface area is 122 Å². The van der Waals surface area contributed by atoms with Crippen molar-refractivity contribution in [3.8, 4) is 0 Å². The van der Waals surface area contributed by atoms with E-state index < -0.39 is 0 Å². The normalized spacial score (nSPS) is 29.6. The largest absolute Gasteiger partial charge is 0.294 e. The van der Waals surface area contributed by atoms with Gasteiger partial charge in [0, 0.05) is 12.0 Å². The molecule has 2 aliphatic rings.